The Labute approximate surface area is 177 Å². The fourth-order valence-corrected chi connectivity index (χ4v) is 3.48. The molecule has 1 amide bonds. The highest BCUT2D eigenvalue weighted by Crippen LogP contribution is 2.32. The highest BCUT2D eigenvalue weighted by molar-refractivity contribution is 6.31. The predicted octanol–water partition coefficient (Wildman–Crippen LogP) is 5.25. The van der Waals surface area contributed by atoms with E-state index in [0.29, 0.717) is 46.8 Å². The number of carbonyl (C=O) groups is 1. The lowest BCUT2D eigenvalue weighted by atomic mass is 10.0. The van der Waals surface area contributed by atoms with E-state index in [4.69, 9.17) is 33.0 Å². The van der Waals surface area contributed by atoms with E-state index >= 15 is 0 Å². The molecule has 0 aliphatic carbocycles. The number of hydrogen-bond acceptors (Lipinski definition) is 4. The molecular weight excluding hydrogens is 413 g/mol. The lowest BCUT2D eigenvalue weighted by Crippen LogP contribution is -2.29. The van der Waals surface area contributed by atoms with Gasteiger partial charge < -0.3 is 14.7 Å². The van der Waals surface area contributed by atoms with Gasteiger partial charge in [-0.3, -0.25) is 0 Å². The number of ether oxygens (including phenoxy) is 1. The lowest BCUT2D eigenvalue weighted by molar-refractivity contribution is 0.144. The summed E-state index contributed by atoms with van der Waals surface area (Å²) in [6.07, 6.45) is 0.984. The second kappa shape index (κ2) is 8.27. The van der Waals surface area contributed by atoms with Gasteiger partial charge >= 0.3 is 6.09 Å². The van der Waals surface area contributed by atoms with Crippen molar-refractivity contribution in [1.82, 2.24) is 14.9 Å². The second-order valence-electron chi connectivity index (χ2n) is 6.68. The van der Waals surface area contributed by atoms with Crippen LogP contribution in [0.5, 0.6) is 5.88 Å². The van der Waals surface area contributed by atoms with Crippen molar-refractivity contribution in [3.8, 4) is 28.4 Å². The van der Waals surface area contributed by atoms with Crippen LogP contribution in [0.3, 0.4) is 0 Å². The molecule has 4 rings (SSSR count). The summed E-state index contributed by atoms with van der Waals surface area (Å²) in [5.74, 6) is 0.352. The molecule has 1 aromatic heterocycles. The highest BCUT2D eigenvalue weighted by Gasteiger charge is 2.28. The topological polar surface area (TPSA) is 75.5 Å². The zero-order valence-corrected chi connectivity index (χ0v) is 16.8. The van der Waals surface area contributed by atoms with Crippen LogP contribution < -0.4 is 4.74 Å². The van der Waals surface area contributed by atoms with Gasteiger partial charge in [-0.25, -0.2) is 14.8 Å². The van der Waals surface area contributed by atoms with Crippen LogP contribution in [0, 0.1) is 0 Å². The zero-order chi connectivity index (χ0) is 20.4. The Morgan fingerprint density at radius 2 is 1.59 bits per heavy atom. The number of aromatic nitrogens is 2. The number of hydrogen-bond donors (Lipinski definition) is 1. The lowest BCUT2D eigenvalue weighted by Gasteiger charge is -2.15. The maximum absolute atomic E-state index is 11.1. The molecule has 0 unspecified atom stereocenters. The number of rotatable bonds is 4. The fraction of sp³-hybridized carbons (Fsp3) is 0.190. The van der Waals surface area contributed by atoms with E-state index in [-0.39, 0.29) is 6.10 Å². The minimum Gasteiger partial charge on any atom is -0.471 e. The Morgan fingerprint density at radius 1 is 1.00 bits per heavy atom. The summed E-state index contributed by atoms with van der Waals surface area (Å²) in [5.41, 5.74) is 3.05. The molecule has 1 fully saturated rings. The van der Waals surface area contributed by atoms with E-state index in [1.165, 1.54) is 4.90 Å². The third-order valence-electron chi connectivity index (χ3n) is 4.69. The Kier molecular flexibility index (Phi) is 5.56. The van der Waals surface area contributed by atoms with Crippen molar-refractivity contribution in [2.75, 3.05) is 13.1 Å². The van der Waals surface area contributed by atoms with Crippen LogP contribution in [0.15, 0.2) is 54.7 Å². The van der Waals surface area contributed by atoms with Crippen molar-refractivity contribution in [3.05, 3.63) is 64.8 Å². The standard InChI is InChI=1S/C21H17Cl2N3O3/c22-15-5-1-13(2-6-15)19-20(14-3-7-16(23)8-4-14)25-18(11-24-19)29-17-9-10-26(12-17)21(27)28/h1-8,11,17H,9-10,12H2,(H,27,28)/t17-/m0/s1. The summed E-state index contributed by atoms with van der Waals surface area (Å²) in [5, 5.41) is 10.4. The van der Waals surface area contributed by atoms with Crippen molar-refractivity contribution < 1.29 is 14.6 Å². The largest absolute Gasteiger partial charge is 0.471 e. The second-order valence-corrected chi connectivity index (χ2v) is 7.55. The number of carboxylic acid groups (broad SMARTS) is 1. The Balaban J connectivity index is 1.68. The van der Waals surface area contributed by atoms with Gasteiger partial charge in [-0.05, 0) is 24.3 Å². The van der Waals surface area contributed by atoms with Crippen molar-refractivity contribution in [3.63, 3.8) is 0 Å². The van der Waals surface area contributed by atoms with Crippen LogP contribution in [0.25, 0.3) is 22.5 Å². The van der Waals surface area contributed by atoms with Crippen LogP contribution in [0.1, 0.15) is 6.42 Å². The zero-order valence-electron chi connectivity index (χ0n) is 15.3. The third kappa shape index (κ3) is 4.44. The number of benzene rings is 2. The molecule has 1 aliphatic heterocycles. The number of nitrogens with zero attached hydrogens (tertiary/aromatic N) is 3. The first-order valence-corrected chi connectivity index (χ1v) is 9.78. The first-order valence-electron chi connectivity index (χ1n) is 9.03. The molecule has 1 atom stereocenters. The van der Waals surface area contributed by atoms with Crippen LogP contribution in [0.4, 0.5) is 4.79 Å². The van der Waals surface area contributed by atoms with E-state index < -0.39 is 6.09 Å². The van der Waals surface area contributed by atoms with E-state index in [2.05, 4.69) is 9.97 Å². The van der Waals surface area contributed by atoms with E-state index in [0.717, 1.165) is 11.1 Å². The maximum atomic E-state index is 11.1. The summed E-state index contributed by atoms with van der Waals surface area (Å²) >= 11 is 12.0. The van der Waals surface area contributed by atoms with Gasteiger partial charge in [0.15, 0.2) is 0 Å². The molecule has 2 aromatic carbocycles. The van der Waals surface area contributed by atoms with Crippen molar-refractivity contribution in [2.24, 2.45) is 0 Å². The summed E-state index contributed by atoms with van der Waals surface area (Å²) in [6, 6.07) is 14.7. The highest BCUT2D eigenvalue weighted by atomic mass is 35.5. The molecular formula is C21H17Cl2N3O3. The average Bonchev–Trinajstić information content (AvgIpc) is 3.18. The van der Waals surface area contributed by atoms with Crippen LogP contribution in [-0.2, 0) is 0 Å². The van der Waals surface area contributed by atoms with Gasteiger partial charge in [0, 0.05) is 34.1 Å². The third-order valence-corrected chi connectivity index (χ3v) is 5.19. The van der Waals surface area contributed by atoms with E-state index in [1.807, 2.05) is 24.3 Å². The Hall–Kier alpha value is -2.83. The van der Waals surface area contributed by atoms with Crippen molar-refractivity contribution >= 4 is 29.3 Å². The van der Waals surface area contributed by atoms with Gasteiger partial charge in [-0.15, -0.1) is 0 Å². The molecule has 0 spiro atoms. The summed E-state index contributed by atoms with van der Waals surface area (Å²) in [6.45, 7) is 0.757. The van der Waals surface area contributed by atoms with Gasteiger partial charge in [0.05, 0.1) is 18.4 Å². The van der Waals surface area contributed by atoms with Crippen LogP contribution in [0.2, 0.25) is 10.0 Å². The van der Waals surface area contributed by atoms with Gasteiger partial charge in [-0.2, -0.15) is 0 Å². The molecule has 6 nitrogen and oxygen atoms in total. The quantitative estimate of drug-likeness (QED) is 0.612. The predicted molar refractivity (Wildman–Crippen MR) is 112 cm³/mol. The number of halogens is 2. The first kappa shape index (κ1) is 19.5. The van der Waals surface area contributed by atoms with Gasteiger partial charge in [0.1, 0.15) is 11.8 Å². The summed E-state index contributed by atoms with van der Waals surface area (Å²) in [4.78, 5) is 21.7. The van der Waals surface area contributed by atoms with E-state index in [1.54, 1.807) is 30.5 Å². The molecule has 0 radical (unpaired) electrons. The van der Waals surface area contributed by atoms with Crippen LogP contribution >= 0.6 is 23.2 Å². The SMILES string of the molecule is O=C(O)N1CC[C@H](Oc2cnc(-c3ccc(Cl)cc3)c(-c3ccc(Cl)cc3)n2)C1. The fourth-order valence-electron chi connectivity index (χ4n) is 3.23. The molecule has 2 heterocycles. The van der Waals surface area contributed by atoms with E-state index in [9.17, 15) is 4.79 Å². The number of amides is 1. The molecule has 29 heavy (non-hydrogen) atoms. The molecule has 0 bridgehead atoms. The minimum atomic E-state index is -0.942. The molecule has 3 aromatic rings. The minimum absolute atomic E-state index is 0.250. The van der Waals surface area contributed by atoms with Crippen LogP contribution in [-0.4, -0.2) is 45.3 Å². The molecule has 8 heteroatoms. The normalized spacial score (nSPS) is 16.1. The monoisotopic (exact) mass is 429 g/mol. The molecule has 0 saturated carbocycles. The van der Waals surface area contributed by atoms with Crippen molar-refractivity contribution in [2.45, 2.75) is 12.5 Å². The smallest absolute Gasteiger partial charge is 0.407 e. The molecule has 1 N–H and O–H groups in total. The molecule has 148 valence electrons. The maximum Gasteiger partial charge on any atom is 0.407 e. The van der Waals surface area contributed by atoms with Gasteiger partial charge in [-0.1, -0.05) is 47.5 Å². The first-order chi connectivity index (χ1) is 14.0. The average molecular weight is 430 g/mol. The Morgan fingerprint density at radius 3 is 2.14 bits per heavy atom. The summed E-state index contributed by atoms with van der Waals surface area (Å²) in [7, 11) is 0. The van der Waals surface area contributed by atoms with Crippen molar-refractivity contribution in [1.29, 1.82) is 0 Å². The molecule has 1 saturated heterocycles. The number of likely N-dealkylation sites (tertiary alicyclic amines) is 1. The summed E-state index contributed by atoms with van der Waals surface area (Å²) < 4.78 is 5.93. The van der Waals surface area contributed by atoms with Gasteiger partial charge in [0.25, 0.3) is 0 Å². The molecule has 1 aliphatic rings. The Bertz CT molecular complexity index is 1030. The van der Waals surface area contributed by atoms with Gasteiger partial charge in [0.2, 0.25) is 5.88 Å².